The van der Waals surface area contributed by atoms with Gasteiger partial charge in [0.1, 0.15) is 23.3 Å². The third-order valence-corrected chi connectivity index (χ3v) is 6.90. The Morgan fingerprint density at radius 2 is 1.69 bits per heavy atom. The van der Waals surface area contributed by atoms with Gasteiger partial charge in [-0.3, -0.25) is 0 Å². The van der Waals surface area contributed by atoms with E-state index in [1.165, 1.54) is 22.8 Å². The van der Waals surface area contributed by atoms with Crippen LogP contribution in [-0.2, 0) is 24.0 Å². The quantitative estimate of drug-likeness (QED) is 0.477. The molecule has 1 unspecified atom stereocenters. The van der Waals surface area contributed by atoms with Crippen LogP contribution in [0.15, 0.2) is 59.5 Å². The third-order valence-electron chi connectivity index (χ3n) is 5.77. The number of hydrogen-bond acceptors (Lipinski definition) is 3. The van der Waals surface area contributed by atoms with E-state index in [2.05, 4.69) is 30.7 Å². The molecule has 32 heavy (non-hydrogen) atoms. The summed E-state index contributed by atoms with van der Waals surface area (Å²) in [5.41, 5.74) is 6.48. The number of aryl methyl sites for hydroxylation is 2. The lowest BCUT2D eigenvalue weighted by Gasteiger charge is -2.11. The molecule has 168 valence electrons. The maximum atomic E-state index is 12.6. The summed E-state index contributed by atoms with van der Waals surface area (Å²) in [6.45, 7) is 8.82. The Morgan fingerprint density at radius 1 is 0.969 bits per heavy atom. The van der Waals surface area contributed by atoms with Gasteiger partial charge in [0.2, 0.25) is 0 Å². The Kier molecular flexibility index (Phi) is 7.83. The molecule has 0 aliphatic heterocycles. The van der Waals surface area contributed by atoms with E-state index in [1.54, 1.807) is 13.0 Å². The molecule has 0 aliphatic rings. The fourth-order valence-corrected chi connectivity index (χ4v) is 4.37. The van der Waals surface area contributed by atoms with Crippen molar-refractivity contribution in [2.24, 2.45) is 0 Å². The number of rotatable bonds is 9. The summed E-state index contributed by atoms with van der Waals surface area (Å²) in [5, 5.41) is 9.34. The van der Waals surface area contributed by atoms with Gasteiger partial charge < -0.3 is 9.84 Å². The highest BCUT2D eigenvalue weighted by atomic mass is 32.2. The van der Waals surface area contributed by atoms with E-state index in [0.29, 0.717) is 30.0 Å². The summed E-state index contributed by atoms with van der Waals surface area (Å²) >= 11 is 0. The average molecular weight is 452 g/mol. The van der Waals surface area contributed by atoms with Gasteiger partial charge in [0.15, 0.2) is 0 Å². The van der Waals surface area contributed by atoms with Crippen LogP contribution in [0.25, 0.3) is 0 Å². The number of nitrogens with one attached hydrogen (secondary N) is 1. The largest absolute Gasteiger partial charge is 0.489 e. The van der Waals surface area contributed by atoms with Gasteiger partial charge in [-0.2, -0.15) is 0 Å². The Labute approximate surface area is 192 Å². The summed E-state index contributed by atoms with van der Waals surface area (Å²) in [6.07, 6.45) is 0.694. The van der Waals surface area contributed by atoms with Crippen LogP contribution >= 0.6 is 0 Å². The maximum absolute atomic E-state index is 12.6. The predicted molar refractivity (Wildman–Crippen MR) is 128 cm³/mol. The van der Waals surface area contributed by atoms with Gasteiger partial charge in [0.05, 0.1) is 10.5 Å². The van der Waals surface area contributed by atoms with Gasteiger partial charge in [-0.25, -0.2) is 13.7 Å². The molecule has 5 nitrogen and oxygen atoms in total. The Morgan fingerprint density at radius 3 is 2.38 bits per heavy atom. The molecule has 6 heteroatoms. The number of aromatic carboxylic acids is 1. The summed E-state index contributed by atoms with van der Waals surface area (Å²) < 4.78 is 21.5. The molecule has 1 atom stereocenters. The summed E-state index contributed by atoms with van der Waals surface area (Å²) in [4.78, 5) is 11.9. The zero-order valence-corrected chi connectivity index (χ0v) is 19.7. The molecule has 0 saturated heterocycles. The zero-order chi connectivity index (χ0) is 23.3. The lowest BCUT2D eigenvalue weighted by atomic mass is 10.0. The fourth-order valence-electron chi connectivity index (χ4n) is 3.41. The molecule has 0 aromatic heterocycles. The van der Waals surface area contributed by atoms with Crippen molar-refractivity contribution in [3.63, 3.8) is 0 Å². The first-order valence-electron chi connectivity index (χ1n) is 10.5. The molecular weight excluding hydrogens is 422 g/mol. The van der Waals surface area contributed by atoms with E-state index in [9.17, 15) is 14.1 Å². The SMILES string of the molecule is Cc1cccc(COc2ccc(CCNS(=O)c3cc(C)c(C)c(C(=O)O)c3)cc2)c1C. The number of carboxylic acids is 1. The normalized spacial score (nSPS) is 11.9. The third kappa shape index (κ3) is 5.84. The van der Waals surface area contributed by atoms with Crippen LogP contribution in [0.5, 0.6) is 5.75 Å². The van der Waals surface area contributed by atoms with Crippen molar-refractivity contribution in [3.8, 4) is 5.75 Å². The molecule has 3 rings (SSSR count). The summed E-state index contributed by atoms with van der Waals surface area (Å²) in [5.74, 6) is -0.202. The van der Waals surface area contributed by atoms with Gasteiger partial charge >= 0.3 is 5.97 Å². The first-order chi connectivity index (χ1) is 15.3. The molecule has 0 spiro atoms. The highest BCUT2D eigenvalue weighted by Gasteiger charge is 2.14. The topological polar surface area (TPSA) is 75.6 Å². The minimum absolute atomic E-state index is 0.187. The monoisotopic (exact) mass is 451 g/mol. The number of ether oxygens (including phenoxy) is 1. The second-order valence-corrected chi connectivity index (χ2v) is 9.22. The number of carbonyl (C=O) groups is 1. The van der Waals surface area contributed by atoms with Crippen molar-refractivity contribution in [3.05, 3.63) is 93.5 Å². The maximum Gasteiger partial charge on any atom is 0.336 e. The smallest absolute Gasteiger partial charge is 0.336 e. The van der Waals surface area contributed by atoms with Gasteiger partial charge in [0, 0.05) is 6.54 Å². The second-order valence-electron chi connectivity index (χ2n) is 7.92. The molecule has 3 aromatic rings. The van der Waals surface area contributed by atoms with Crippen molar-refractivity contribution >= 4 is 17.0 Å². The van der Waals surface area contributed by atoms with Crippen LogP contribution in [0.4, 0.5) is 0 Å². The van der Waals surface area contributed by atoms with Gasteiger partial charge in [0.25, 0.3) is 0 Å². The Balaban J connectivity index is 1.53. The van der Waals surface area contributed by atoms with E-state index in [1.807, 2.05) is 37.3 Å². The van der Waals surface area contributed by atoms with E-state index in [0.717, 1.165) is 16.9 Å². The number of hydrogen-bond donors (Lipinski definition) is 2. The van der Waals surface area contributed by atoms with E-state index < -0.39 is 17.0 Å². The minimum atomic E-state index is -1.47. The molecule has 0 bridgehead atoms. The van der Waals surface area contributed by atoms with E-state index >= 15 is 0 Å². The predicted octanol–water partition coefficient (Wildman–Crippen LogP) is 5.05. The van der Waals surface area contributed by atoms with Crippen LogP contribution in [0.2, 0.25) is 0 Å². The first kappa shape index (κ1) is 23.7. The van der Waals surface area contributed by atoms with Crippen LogP contribution in [-0.4, -0.2) is 21.8 Å². The molecule has 0 radical (unpaired) electrons. The molecule has 0 amide bonds. The molecular formula is C26H29NO4S. The molecule has 0 fully saturated rings. The average Bonchev–Trinajstić information content (AvgIpc) is 2.77. The molecule has 3 aromatic carbocycles. The summed E-state index contributed by atoms with van der Waals surface area (Å²) in [6, 6.07) is 17.4. The van der Waals surface area contributed by atoms with Crippen molar-refractivity contribution < 1.29 is 18.8 Å². The van der Waals surface area contributed by atoms with E-state index in [4.69, 9.17) is 4.74 Å². The van der Waals surface area contributed by atoms with Crippen molar-refractivity contribution in [2.75, 3.05) is 6.54 Å². The molecule has 0 heterocycles. The zero-order valence-electron chi connectivity index (χ0n) is 18.9. The fraction of sp³-hybridized carbons (Fsp3) is 0.269. The van der Waals surface area contributed by atoms with Gasteiger partial charge in [-0.15, -0.1) is 0 Å². The molecule has 0 aliphatic carbocycles. The molecule has 2 N–H and O–H groups in total. The van der Waals surface area contributed by atoms with E-state index in [-0.39, 0.29) is 5.56 Å². The van der Waals surface area contributed by atoms with Crippen LogP contribution < -0.4 is 9.46 Å². The first-order valence-corrected chi connectivity index (χ1v) is 11.7. The van der Waals surface area contributed by atoms with Crippen LogP contribution in [0.3, 0.4) is 0 Å². The Bertz CT molecular complexity index is 1140. The van der Waals surface area contributed by atoms with Crippen molar-refractivity contribution in [1.82, 2.24) is 4.72 Å². The van der Waals surface area contributed by atoms with Crippen LogP contribution in [0, 0.1) is 27.7 Å². The minimum Gasteiger partial charge on any atom is -0.489 e. The lowest BCUT2D eigenvalue weighted by molar-refractivity contribution is 0.0695. The highest BCUT2D eigenvalue weighted by Crippen LogP contribution is 2.20. The van der Waals surface area contributed by atoms with Crippen molar-refractivity contribution in [1.29, 1.82) is 0 Å². The van der Waals surface area contributed by atoms with Gasteiger partial charge in [-0.05, 0) is 91.8 Å². The summed E-state index contributed by atoms with van der Waals surface area (Å²) in [7, 11) is -1.47. The van der Waals surface area contributed by atoms with Crippen LogP contribution in [0.1, 0.15) is 43.7 Å². The highest BCUT2D eigenvalue weighted by molar-refractivity contribution is 7.83. The van der Waals surface area contributed by atoms with Gasteiger partial charge in [-0.1, -0.05) is 30.3 Å². The molecule has 0 saturated carbocycles. The number of carboxylic acid groups (broad SMARTS) is 1. The standard InChI is InChI=1S/C26H29NO4S/c1-17-6-5-7-22(19(17)3)16-31-23-10-8-21(9-11-23)12-13-27-32(30)24-14-18(2)20(4)25(15-24)26(28)29/h5-11,14-15,27H,12-13,16H2,1-4H3,(H,28,29). The Hall–Kier alpha value is -2.96. The number of benzene rings is 3. The second kappa shape index (κ2) is 10.6. The van der Waals surface area contributed by atoms with Crippen molar-refractivity contribution in [2.45, 2.75) is 45.6 Å². The lowest BCUT2D eigenvalue weighted by Crippen LogP contribution is -2.21.